The van der Waals surface area contributed by atoms with Crippen LogP contribution in [0.4, 0.5) is 4.39 Å². The number of nitrogens with zero attached hydrogens (tertiary/aromatic N) is 1. The van der Waals surface area contributed by atoms with Crippen molar-refractivity contribution in [3.05, 3.63) is 82.1 Å². The lowest BCUT2D eigenvalue weighted by Gasteiger charge is -2.26. The van der Waals surface area contributed by atoms with Crippen molar-refractivity contribution < 1.29 is 32.2 Å². The number of hydrogen-bond donors (Lipinski definition) is 2. The van der Waals surface area contributed by atoms with Gasteiger partial charge in [0, 0.05) is 28.2 Å². The van der Waals surface area contributed by atoms with Gasteiger partial charge >= 0.3 is 5.97 Å². The molecule has 0 spiro atoms. The second kappa shape index (κ2) is 11.9. The normalized spacial score (nSPS) is 16.6. The molecule has 0 aliphatic carbocycles. The summed E-state index contributed by atoms with van der Waals surface area (Å²) in [5.41, 5.74) is 1.84. The van der Waals surface area contributed by atoms with E-state index in [0.717, 1.165) is 4.31 Å². The summed E-state index contributed by atoms with van der Waals surface area (Å²) in [6.45, 7) is 0.113. The van der Waals surface area contributed by atoms with Gasteiger partial charge in [0.15, 0.2) is 0 Å². The van der Waals surface area contributed by atoms with Crippen LogP contribution < -0.4 is 10.1 Å². The maximum atomic E-state index is 13.6. The van der Waals surface area contributed by atoms with Gasteiger partial charge in [-0.05, 0) is 54.3 Å². The van der Waals surface area contributed by atoms with Gasteiger partial charge in [0.2, 0.25) is 15.9 Å². The summed E-state index contributed by atoms with van der Waals surface area (Å²) in [6, 6.07) is 12.8. The van der Waals surface area contributed by atoms with E-state index in [1.165, 1.54) is 37.4 Å². The molecule has 1 heterocycles. The van der Waals surface area contributed by atoms with Crippen molar-refractivity contribution in [2.24, 2.45) is 0 Å². The predicted octanol–water partition coefficient (Wildman–Crippen LogP) is 5.29. The van der Waals surface area contributed by atoms with Crippen LogP contribution in [0, 0.1) is 5.82 Å². The fourth-order valence-electron chi connectivity index (χ4n) is 4.60. The Morgan fingerprint density at radius 2 is 1.77 bits per heavy atom. The number of ether oxygens (including phenoxy) is 1. The highest BCUT2D eigenvalue weighted by Crippen LogP contribution is 2.33. The van der Waals surface area contributed by atoms with Gasteiger partial charge in [-0.2, -0.15) is 4.31 Å². The first-order chi connectivity index (χ1) is 18.5. The van der Waals surface area contributed by atoms with Crippen LogP contribution in [0.2, 0.25) is 10.0 Å². The lowest BCUT2D eigenvalue weighted by atomic mass is 9.98. The van der Waals surface area contributed by atoms with Gasteiger partial charge in [0.1, 0.15) is 17.6 Å². The number of carbonyl (C=O) groups is 2. The van der Waals surface area contributed by atoms with Crippen molar-refractivity contribution in [1.29, 1.82) is 0 Å². The van der Waals surface area contributed by atoms with E-state index in [-0.39, 0.29) is 27.9 Å². The topological polar surface area (TPSA) is 113 Å². The third kappa shape index (κ3) is 6.52. The minimum absolute atomic E-state index is 0.113. The molecule has 0 saturated carbocycles. The molecule has 3 aromatic carbocycles. The van der Waals surface area contributed by atoms with E-state index in [1.807, 2.05) is 0 Å². The number of carboxylic acid groups (broad SMARTS) is 1. The van der Waals surface area contributed by atoms with Crippen LogP contribution in [-0.2, 0) is 19.6 Å². The van der Waals surface area contributed by atoms with Gasteiger partial charge in [-0.25, -0.2) is 12.8 Å². The summed E-state index contributed by atoms with van der Waals surface area (Å²) < 4.78 is 46.6. The summed E-state index contributed by atoms with van der Waals surface area (Å²) in [6.07, 6.45) is 0.292. The monoisotopic (exact) mass is 594 g/mol. The lowest BCUT2D eigenvalue weighted by molar-refractivity contribution is -0.137. The van der Waals surface area contributed by atoms with Crippen molar-refractivity contribution >= 4 is 45.1 Å². The molecular formula is C27H25Cl2FN2O6S. The molecule has 2 N–H and O–H groups in total. The van der Waals surface area contributed by atoms with Gasteiger partial charge in [0.25, 0.3) is 0 Å². The number of carboxylic acids is 1. The van der Waals surface area contributed by atoms with Crippen molar-refractivity contribution in [2.75, 3.05) is 13.7 Å². The second-order valence-electron chi connectivity index (χ2n) is 9.00. The van der Waals surface area contributed by atoms with Crippen LogP contribution in [0.3, 0.4) is 0 Å². The fourth-order valence-corrected chi connectivity index (χ4v) is 6.98. The number of aliphatic carboxylic acids is 1. The number of sulfonamides is 1. The highest BCUT2D eigenvalue weighted by Gasteiger charge is 2.40. The third-order valence-corrected chi connectivity index (χ3v) is 8.75. The Kier molecular flexibility index (Phi) is 8.80. The SMILES string of the molecule is COc1cc(F)ccc1-c1ccc([C@@H](CC(=O)O)NC(=O)[C@@H]2CCCN2S(=O)(=O)c2cc(Cl)cc(Cl)c2)cc1. The largest absolute Gasteiger partial charge is 0.496 e. The molecular weight excluding hydrogens is 570 g/mol. The molecule has 0 aromatic heterocycles. The molecule has 206 valence electrons. The van der Waals surface area contributed by atoms with E-state index in [1.54, 1.807) is 30.3 Å². The Bertz CT molecular complexity index is 1480. The Morgan fingerprint density at radius 3 is 2.38 bits per heavy atom. The Morgan fingerprint density at radius 1 is 1.10 bits per heavy atom. The van der Waals surface area contributed by atoms with Crippen molar-refractivity contribution in [3.63, 3.8) is 0 Å². The molecule has 0 radical (unpaired) electrons. The quantitative estimate of drug-likeness (QED) is 0.348. The van der Waals surface area contributed by atoms with Crippen LogP contribution in [0.5, 0.6) is 5.75 Å². The zero-order valence-corrected chi connectivity index (χ0v) is 23.1. The van der Waals surface area contributed by atoms with Gasteiger partial charge in [-0.15, -0.1) is 0 Å². The standard InChI is InChI=1S/C27H25Cl2FN2O6S/c1-38-25-14-20(30)8-9-22(25)16-4-6-17(7-5-16)23(15-26(33)34)31-27(35)24-3-2-10-32(24)39(36,37)21-12-18(28)11-19(29)13-21/h4-9,11-14,23-24H,2-3,10,15H2,1H3,(H,31,35)(H,33,34)/t23-,24+/m1/s1. The lowest BCUT2D eigenvalue weighted by Crippen LogP contribution is -2.47. The summed E-state index contributed by atoms with van der Waals surface area (Å²) in [4.78, 5) is 24.8. The van der Waals surface area contributed by atoms with E-state index in [0.29, 0.717) is 28.9 Å². The van der Waals surface area contributed by atoms with Crippen molar-refractivity contribution in [1.82, 2.24) is 9.62 Å². The number of halogens is 3. The molecule has 4 rings (SSSR count). The number of rotatable bonds is 9. The second-order valence-corrected chi connectivity index (χ2v) is 11.8. The predicted molar refractivity (Wildman–Crippen MR) is 145 cm³/mol. The highest BCUT2D eigenvalue weighted by molar-refractivity contribution is 7.89. The maximum Gasteiger partial charge on any atom is 0.305 e. The zero-order valence-electron chi connectivity index (χ0n) is 20.7. The summed E-state index contributed by atoms with van der Waals surface area (Å²) in [7, 11) is -2.67. The summed E-state index contributed by atoms with van der Waals surface area (Å²) >= 11 is 12.0. The third-order valence-electron chi connectivity index (χ3n) is 6.43. The van der Waals surface area contributed by atoms with Crippen LogP contribution in [0.15, 0.2) is 65.6 Å². The van der Waals surface area contributed by atoms with Gasteiger partial charge in [-0.1, -0.05) is 47.5 Å². The van der Waals surface area contributed by atoms with Gasteiger partial charge in [-0.3, -0.25) is 9.59 Å². The van der Waals surface area contributed by atoms with Crippen LogP contribution in [-0.4, -0.2) is 49.4 Å². The summed E-state index contributed by atoms with van der Waals surface area (Å²) in [5, 5.41) is 12.5. The zero-order chi connectivity index (χ0) is 28.3. The number of hydrogen-bond acceptors (Lipinski definition) is 5. The smallest absolute Gasteiger partial charge is 0.305 e. The van der Waals surface area contributed by atoms with Crippen molar-refractivity contribution in [2.45, 2.75) is 36.2 Å². The van der Waals surface area contributed by atoms with E-state index in [9.17, 15) is 27.5 Å². The molecule has 1 fully saturated rings. The molecule has 1 saturated heterocycles. The summed E-state index contributed by atoms with van der Waals surface area (Å²) in [5.74, 6) is -1.87. The molecule has 2 atom stereocenters. The Balaban J connectivity index is 1.57. The molecule has 8 nitrogen and oxygen atoms in total. The first-order valence-corrected chi connectivity index (χ1v) is 14.1. The fraction of sp³-hybridized carbons (Fsp3) is 0.259. The number of methoxy groups -OCH3 is 1. The number of amides is 1. The first-order valence-electron chi connectivity index (χ1n) is 11.9. The number of benzene rings is 3. The molecule has 1 aliphatic rings. The average molecular weight is 595 g/mol. The van der Waals surface area contributed by atoms with E-state index in [4.69, 9.17) is 27.9 Å². The number of carbonyl (C=O) groups excluding carboxylic acids is 1. The molecule has 3 aromatic rings. The minimum Gasteiger partial charge on any atom is -0.496 e. The molecule has 39 heavy (non-hydrogen) atoms. The molecule has 0 bridgehead atoms. The molecule has 1 amide bonds. The average Bonchev–Trinajstić information content (AvgIpc) is 3.39. The van der Waals surface area contributed by atoms with Crippen LogP contribution >= 0.6 is 23.2 Å². The van der Waals surface area contributed by atoms with Crippen LogP contribution in [0.25, 0.3) is 11.1 Å². The molecule has 12 heteroatoms. The highest BCUT2D eigenvalue weighted by atomic mass is 35.5. The minimum atomic E-state index is -4.10. The Labute approximate surface area is 235 Å². The van der Waals surface area contributed by atoms with Gasteiger partial charge < -0.3 is 15.2 Å². The van der Waals surface area contributed by atoms with Crippen molar-refractivity contribution in [3.8, 4) is 16.9 Å². The van der Waals surface area contributed by atoms with Gasteiger partial charge in [0.05, 0.1) is 24.5 Å². The van der Waals surface area contributed by atoms with E-state index in [2.05, 4.69) is 5.32 Å². The van der Waals surface area contributed by atoms with Crippen LogP contribution in [0.1, 0.15) is 30.9 Å². The molecule has 0 unspecified atom stereocenters. The Hall–Kier alpha value is -3.18. The van der Waals surface area contributed by atoms with E-state index < -0.39 is 46.2 Å². The maximum absolute atomic E-state index is 13.6. The van der Waals surface area contributed by atoms with E-state index >= 15 is 0 Å². The first kappa shape index (κ1) is 28.8. The number of nitrogens with one attached hydrogen (secondary N) is 1. The molecule has 1 aliphatic heterocycles.